The fourth-order valence-electron chi connectivity index (χ4n) is 3.06. The summed E-state index contributed by atoms with van der Waals surface area (Å²) in [5.41, 5.74) is 0. The summed E-state index contributed by atoms with van der Waals surface area (Å²) in [6.07, 6.45) is 1.13. The number of piperazine rings is 1. The zero-order chi connectivity index (χ0) is 13.3. The van der Waals surface area contributed by atoms with Crippen molar-refractivity contribution >= 4 is 10.2 Å². The predicted octanol–water partition coefficient (Wildman–Crippen LogP) is 0.503. The van der Waals surface area contributed by atoms with Gasteiger partial charge in [0.15, 0.2) is 0 Å². The van der Waals surface area contributed by atoms with Gasteiger partial charge in [-0.25, -0.2) is 0 Å². The molecule has 106 valence electrons. The van der Waals surface area contributed by atoms with Crippen molar-refractivity contribution in [2.24, 2.45) is 11.8 Å². The van der Waals surface area contributed by atoms with Gasteiger partial charge in [-0.05, 0) is 25.2 Å². The second kappa shape index (κ2) is 5.45. The molecule has 3 unspecified atom stereocenters. The van der Waals surface area contributed by atoms with E-state index in [1.54, 1.807) is 8.61 Å². The van der Waals surface area contributed by atoms with Crippen LogP contribution in [0.1, 0.15) is 27.2 Å². The largest absolute Gasteiger partial charge is 0.312 e. The molecule has 2 aliphatic rings. The van der Waals surface area contributed by atoms with Crippen LogP contribution in [0.4, 0.5) is 0 Å². The second-order valence-electron chi connectivity index (χ2n) is 5.98. The van der Waals surface area contributed by atoms with Gasteiger partial charge in [0.1, 0.15) is 0 Å². The highest BCUT2D eigenvalue weighted by molar-refractivity contribution is 7.86. The molecule has 0 saturated carbocycles. The molecule has 0 aromatic rings. The summed E-state index contributed by atoms with van der Waals surface area (Å²) in [6, 6.07) is 0.244. The molecule has 0 bridgehead atoms. The Morgan fingerprint density at radius 1 is 1.00 bits per heavy atom. The highest BCUT2D eigenvalue weighted by atomic mass is 32.2. The van der Waals surface area contributed by atoms with Crippen molar-refractivity contribution in [3.05, 3.63) is 0 Å². The highest BCUT2D eigenvalue weighted by Gasteiger charge is 2.36. The topological polar surface area (TPSA) is 52.7 Å². The first-order chi connectivity index (χ1) is 8.39. The maximum atomic E-state index is 12.6. The summed E-state index contributed by atoms with van der Waals surface area (Å²) in [4.78, 5) is 0. The first-order valence-corrected chi connectivity index (χ1v) is 8.28. The quantitative estimate of drug-likeness (QED) is 0.798. The Hall–Kier alpha value is -0.170. The molecule has 0 radical (unpaired) electrons. The SMILES string of the molecule is CC1CC(C)CN(S(=O)(=O)N2CCNC(C)C2)C1. The number of piperidine rings is 1. The third-order valence-electron chi connectivity index (χ3n) is 3.82. The lowest BCUT2D eigenvalue weighted by atomic mass is 9.94. The average molecular weight is 275 g/mol. The van der Waals surface area contributed by atoms with Crippen LogP contribution in [0.15, 0.2) is 0 Å². The van der Waals surface area contributed by atoms with E-state index in [1.807, 2.05) is 6.92 Å². The summed E-state index contributed by atoms with van der Waals surface area (Å²) >= 11 is 0. The summed E-state index contributed by atoms with van der Waals surface area (Å²) in [7, 11) is -3.26. The molecule has 18 heavy (non-hydrogen) atoms. The van der Waals surface area contributed by atoms with Crippen LogP contribution in [-0.4, -0.2) is 55.8 Å². The van der Waals surface area contributed by atoms with E-state index in [-0.39, 0.29) is 6.04 Å². The van der Waals surface area contributed by atoms with Gasteiger partial charge in [0, 0.05) is 38.8 Å². The van der Waals surface area contributed by atoms with Gasteiger partial charge in [-0.3, -0.25) is 0 Å². The molecule has 0 aromatic carbocycles. The van der Waals surface area contributed by atoms with Crippen molar-refractivity contribution < 1.29 is 8.42 Å². The van der Waals surface area contributed by atoms with E-state index in [9.17, 15) is 8.42 Å². The summed E-state index contributed by atoms with van der Waals surface area (Å²) in [5.74, 6) is 0.924. The van der Waals surface area contributed by atoms with Gasteiger partial charge in [-0.1, -0.05) is 13.8 Å². The minimum absolute atomic E-state index is 0.244. The maximum Gasteiger partial charge on any atom is 0.282 e. The zero-order valence-electron chi connectivity index (χ0n) is 11.6. The zero-order valence-corrected chi connectivity index (χ0v) is 12.4. The van der Waals surface area contributed by atoms with Crippen molar-refractivity contribution in [3.8, 4) is 0 Å². The first-order valence-electron chi connectivity index (χ1n) is 6.88. The van der Waals surface area contributed by atoms with Gasteiger partial charge in [-0.2, -0.15) is 17.0 Å². The minimum Gasteiger partial charge on any atom is -0.312 e. The molecule has 2 heterocycles. The van der Waals surface area contributed by atoms with Crippen molar-refractivity contribution in [1.29, 1.82) is 0 Å². The van der Waals surface area contributed by atoms with Crippen LogP contribution >= 0.6 is 0 Å². The van der Waals surface area contributed by atoms with Crippen molar-refractivity contribution in [1.82, 2.24) is 13.9 Å². The van der Waals surface area contributed by atoms with E-state index in [1.165, 1.54) is 0 Å². The lowest BCUT2D eigenvalue weighted by Crippen LogP contribution is -2.56. The van der Waals surface area contributed by atoms with Crippen LogP contribution in [0.5, 0.6) is 0 Å². The van der Waals surface area contributed by atoms with Gasteiger partial charge < -0.3 is 5.32 Å². The fourth-order valence-corrected chi connectivity index (χ4v) is 5.01. The van der Waals surface area contributed by atoms with Crippen molar-refractivity contribution in [2.75, 3.05) is 32.7 Å². The fraction of sp³-hybridized carbons (Fsp3) is 1.00. The van der Waals surface area contributed by atoms with Crippen LogP contribution in [0.25, 0.3) is 0 Å². The number of hydrogen-bond acceptors (Lipinski definition) is 3. The third kappa shape index (κ3) is 3.04. The van der Waals surface area contributed by atoms with E-state index < -0.39 is 10.2 Å². The number of hydrogen-bond donors (Lipinski definition) is 1. The maximum absolute atomic E-state index is 12.6. The third-order valence-corrected chi connectivity index (χ3v) is 5.75. The molecule has 2 saturated heterocycles. The Balaban J connectivity index is 2.09. The minimum atomic E-state index is -3.26. The molecule has 2 aliphatic heterocycles. The molecule has 1 N–H and O–H groups in total. The van der Waals surface area contributed by atoms with E-state index in [2.05, 4.69) is 19.2 Å². The van der Waals surface area contributed by atoms with Crippen molar-refractivity contribution in [3.63, 3.8) is 0 Å². The molecule has 2 fully saturated rings. The highest BCUT2D eigenvalue weighted by Crippen LogP contribution is 2.25. The molecule has 5 nitrogen and oxygen atoms in total. The number of rotatable bonds is 2. The Bertz CT molecular complexity index is 375. The molecule has 0 amide bonds. The molecule has 2 rings (SSSR count). The molecule has 0 aliphatic carbocycles. The Kier molecular flexibility index (Phi) is 4.31. The van der Waals surface area contributed by atoms with E-state index in [0.717, 1.165) is 13.0 Å². The summed E-state index contributed by atoms with van der Waals surface area (Å²) in [5, 5.41) is 3.28. The van der Waals surface area contributed by atoms with E-state index in [0.29, 0.717) is 38.0 Å². The van der Waals surface area contributed by atoms with Crippen LogP contribution in [0.2, 0.25) is 0 Å². The van der Waals surface area contributed by atoms with Crippen LogP contribution in [0, 0.1) is 11.8 Å². The average Bonchev–Trinajstić information content (AvgIpc) is 2.27. The Morgan fingerprint density at radius 3 is 2.17 bits per heavy atom. The molecular formula is C12H25N3O2S. The molecule has 6 heteroatoms. The van der Waals surface area contributed by atoms with Crippen LogP contribution < -0.4 is 5.32 Å². The molecule has 0 spiro atoms. The van der Waals surface area contributed by atoms with Crippen LogP contribution in [-0.2, 0) is 10.2 Å². The van der Waals surface area contributed by atoms with E-state index >= 15 is 0 Å². The standard InChI is InChI=1S/C12H25N3O2S/c1-10-6-11(2)8-15(7-10)18(16,17)14-5-4-13-12(3)9-14/h10-13H,4-9H2,1-3H3. The molecular weight excluding hydrogens is 250 g/mol. The smallest absolute Gasteiger partial charge is 0.282 e. The summed E-state index contributed by atoms with van der Waals surface area (Å²) < 4.78 is 28.5. The lowest BCUT2D eigenvalue weighted by molar-refractivity contribution is 0.201. The monoisotopic (exact) mass is 275 g/mol. The lowest BCUT2D eigenvalue weighted by Gasteiger charge is -2.39. The molecule has 0 aromatic heterocycles. The van der Waals surface area contributed by atoms with Gasteiger partial charge >= 0.3 is 0 Å². The van der Waals surface area contributed by atoms with Gasteiger partial charge in [0.2, 0.25) is 0 Å². The second-order valence-corrected chi connectivity index (χ2v) is 7.91. The Morgan fingerprint density at radius 2 is 1.61 bits per heavy atom. The van der Waals surface area contributed by atoms with Gasteiger partial charge in [0.05, 0.1) is 0 Å². The molecule has 3 atom stereocenters. The summed E-state index contributed by atoms with van der Waals surface area (Å²) in [6.45, 7) is 9.57. The van der Waals surface area contributed by atoms with Gasteiger partial charge in [-0.15, -0.1) is 0 Å². The van der Waals surface area contributed by atoms with Crippen molar-refractivity contribution in [2.45, 2.75) is 33.2 Å². The predicted molar refractivity (Wildman–Crippen MR) is 72.5 cm³/mol. The Labute approximate surface area is 111 Å². The van der Waals surface area contributed by atoms with E-state index in [4.69, 9.17) is 0 Å². The number of nitrogens with zero attached hydrogens (tertiary/aromatic N) is 2. The first kappa shape index (κ1) is 14.2. The normalized spacial score (nSPS) is 36.7. The van der Waals surface area contributed by atoms with Crippen LogP contribution in [0.3, 0.4) is 0 Å². The van der Waals surface area contributed by atoms with Gasteiger partial charge in [0.25, 0.3) is 10.2 Å². The number of nitrogens with one attached hydrogen (secondary N) is 1.